The zero-order chi connectivity index (χ0) is 14.7. The molecule has 0 bridgehead atoms. The normalized spacial score (nSPS) is 11.8. The zero-order valence-electron chi connectivity index (χ0n) is 13.2. The van der Waals surface area contributed by atoms with Gasteiger partial charge in [0.25, 0.3) is 0 Å². The van der Waals surface area contributed by atoms with E-state index < -0.39 is 0 Å². The van der Waals surface area contributed by atoms with Gasteiger partial charge in [-0.25, -0.2) is 0 Å². The third kappa shape index (κ3) is 16.7. The summed E-state index contributed by atoms with van der Waals surface area (Å²) in [5.41, 5.74) is 0. The Hall–Kier alpha value is -1.29. The monoisotopic (exact) mass is 273 g/mol. The summed E-state index contributed by atoms with van der Waals surface area (Å²) in [6.45, 7) is 2.24. The van der Waals surface area contributed by atoms with E-state index in [9.17, 15) is 0 Å². The molecule has 0 atom stereocenters. The summed E-state index contributed by atoms with van der Waals surface area (Å²) in [5, 5.41) is 8.41. The van der Waals surface area contributed by atoms with Crippen molar-refractivity contribution in [2.45, 2.75) is 77.6 Å². The number of rotatable bonds is 13. The molecule has 0 aromatic rings. The van der Waals surface area contributed by atoms with Gasteiger partial charge in [0.1, 0.15) is 0 Å². The average Bonchev–Trinajstić information content (AvgIpc) is 2.47. The summed E-state index contributed by atoms with van der Waals surface area (Å²) < 4.78 is 0. The molecule has 0 N–H and O–H groups in total. The summed E-state index contributed by atoms with van der Waals surface area (Å²) in [6, 6.07) is 2.18. The first kappa shape index (κ1) is 18.7. The number of unbranched alkanes of at least 4 members (excludes halogenated alkanes) is 7. The van der Waals surface area contributed by atoms with E-state index in [-0.39, 0.29) is 0 Å². The van der Waals surface area contributed by atoms with Crippen LogP contribution in [0.2, 0.25) is 0 Å². The summed E-state index contributed by atoms with van der Waals surface area (Å²) in [7, 11) is 0. The Morgan fingerprint density at radius 3 is 1.80 bits per heavy atom. The number of hydrogen-bond donors (Lipinski definition) is 0. The Labute approximate surface area is 126 Å². The van der Waals surface area contributed by atoms with Crippen LogP contribution >= 0.6 is 0 Å². The van der Waals surface area contributed by atoms with E-state index in [2.05, 4.69) is 49.4 Å². The van der Waals surface area contributed by atoms with Crippen LogP contribution in [0, 0.1) is 11.3 Å². The lowest BCUT2D eigenvalue weighted by atomic mass is 10.1. The van der Waals surface area contributed by atoms with Crippen molar-refractivity contribution >= 4 is 0 Å². The highest BCUT2D eigenvalue weighted by atomic mass is 14.2. The second kappa shape index (κ2) is 17.7. The molecule has 1 heteroatoms. The molecular weight excluding hydrogens is 242 g/mol. The van der Waals surface area contributed by atoms with Crippen molar-refractivity contribution in [2.75, 3.05) is 0 Å². The molecule has 0 amide bonds. The van der Waals surface area contributed by atoms with Gasteiger partial charge in [0.15, 0.2) is 0 Å². The molecule has 0 rings (SSSR count). The van der Waals surface area contributed by atoms with Crippen molar-refractivity contribution in [3.05, 3.63) is 36.5 Å². The molecule has 0 aliphatic rings. The van der Waals surface area contributed by atoms with Crippen molar-refractivity contribution in [2.24, 2.45) is 0 Å². The van der Waals surface area contributed by atoms with E-state index in [0.29, 0.717) is 6.42 Å². The van der Waals surface area contributed by atoms with Gasteiger partial charge in [-0.05, 0) is 44.9 Å². The van der Waals surface area contributed by atoms with Gasteiger partial charge >= 0.3 is 0 Å². The van der Waals surface area contributed by atoms with E-state index >= 15 is 0 Å². The highest BCUT2D eigenvalue weighted by Gasteiger charge is 1.85. The second-order valence-corrected chi connectivity index (χ2v) is 5.14. The van der Waals surface area contributed by atoms with Crippen LogP contribution < -0.4 is 0 Å². The molecule has 0 saturated carbocycles. The highest BCUT2D eigenvalue weighted by molar-refractivity contribution is 4.97. The number of hydrogen-bond acceptors (Lipinski definition) is 1. The van der Waals surface area contributed by atoms with Crippen LogP contribution in [0.4, 0.5) is 0 Å². The van der Waals surface area contributed by atoms with Crippen molar-refractivity contribution in [3.63, 3.8) is 0 Å². The molecule has 0 saturated heterocycles. The van der Waals surface area contributed by atoms with Gasteiger partial charge in [-0.1, -0.05) is 62.6 Å². The third-order valence-electron chi connectivity index (χ3n) is 3.18. The van der Waals surface area contributed by atoms with Crippen LogP contribution in [0.25, 0.3) is 0 Å². The predicted octanol–water partition coefficient (Wildman–Crippen LogP) is 6.49. The van der Waals surface area contributed by atoms with Crippen LogP contribution in [0.3, 0.4) is 0 Å². The van der Waals surface area contributed by atoms with Gasteiger partial charge in [-0.15, -0.1) is 0 Å². The van der Waals surface area contributed by atoms with E-state index in [1.165, 1.54) is 38.5 Å². The molecule has 0 fully saturated rings. The molecule has 0 aromatic heterocycles. The summed E-state index contributed by atoms with van der Waals surface area (Å²) in [6.07, 6.45) is 26.2. The Balaban J connectivity index is 3.28. The minimum atomic E-state index is 0.707. The lowest BCUT2D eigenvalue weighted by Gasteiger charge is -1.92. The number of nitrogens with zero attached hydrogens (tertiary/aromatic N) is 1. The fraction of sp³-hybridized carbons (Fsp3) is 0.632. The first-order chi connectivity index (χ1) is 9.91. The lowest BCUT2D eigenvalue weighted by molar-refractivity contribution is 0.699. The van der Waals surface area contributed by atoms with E-state index in [1.54, 1.807) is 0 Å². The largest absolute Gasteiger partial charge is 0.198 e. The quantitative estimate of drug-likeness (QED) is 0.278. The van der Waals surface area contributed by atoms with Crippen molar-refractivity contribution in [1.29, 1.82) is 5.26 Å². The van der Waals surface area contributed by atoms with Gasteiger partial charge in [-0.3, -0.25) is 0 Å². The third-order valence-corrected chi connectivity index (χ3v) is 3.18. The molecule has 0 spiro atoms. The maximum Gasteiger partial charge on any atom is 0.0621 e. The first-order valence-electron chi connectivity index (χ1n) is 8.23. The molecule has 0 aromatic carbocycles. The van der Waals surface area contributed by atoms with E-state index in [0.717, 1.165) is 25.7 Å². The number of allylic oxidation sites excluding steroid dienone is 6. The zero-order valence-corrected chi connectivity index (χ0v) is 13.2. The maximum atomic E-state index is 8.41. The van der Waals surface area contributed by atoms with Crippen LogP contribution in [-0.2, 0) is 0 Å². The molecule has 0 aliphatic carbocycles. The molecule has 20 heavy (non-hydrogen) atoms. The fourth-order valence-corrected chi connectivity index (χ4v) is 1.93. The standard InChI is InChI=1S/C19H31N/c1-2-3-4-5-6-7-8-9-10-11-12-13-14-15-16-17-18-19-20/h6-7,9-10,12-13H,2-5,8,11,14-18H2,1H3/b7-6-,10-9-,13-12-. The summed E-state index contributed by atoms with van der Waals surface area (Å²) >= 11 is 0. The van der Waals surface area contributed by atoms with Gasteiger partial charge < -0.3 is 0 Å². The molecule has 0 unspecified atom stereocenters. The van der Waals surface area contributed by atoms with Crippen LogP contribution in [-0.4, -0.2) is 0 Å². The van der Waals surface area contributed by atoms with Crippen LogP contribution in [0.1, 0.15) is 77.6 Å². The summed E-state index contributed by atoms with van der Waals surface area (Å²) in [4.78, 5) is 0. The van der Waals surface area contributed by atoms with Crippen LogP contribution in [0.5, 0.6) is 0 Å². The molecule has 1 nitrogen and oxygen atoms in total. The van der Waals surface area contributed by atoms with Gasteiger partial charge in [0, 0.05) is 6.42 Å². The molecule has 0 radical (unpaired) electrons. The molecule has 112 valence electrons. The van der Waals surface area contributed by atoms with Crippen molar-refractivity contribution < 1.29 is 0 Å². The Bertz CT molecular complexity index is 304. The minimum absolute atomic E-state index is 0.707. The van der Waals surface area contributed by atoms with Gasteiger partial charge in [0.2, 0.25) is 0 Å². The smallest absolute Gasteiger partial charge is 0.0621 e. The predicted molar refractivity (Wildman–Crippen MR) is 89.5 cm³/mol. The fourth-order valence-electron chi connectivity index (χ4n) is 1.93. The first-order valence-corrected chi connectivity index (χ1v) is 8.23. The molecule has 0 heterocycles. The second-order valence-electron chi connectivity index (χ2n) is 5.14. The van der Waals surface area contributed by atoms with E-state index in [1.807, 2.05) is 0 Å². The van der Waals surface area contributed by atoms with Crippen molar-refractivity contribution in [1.82, 2.24) is 0 Å². The van der Waals surface area contributed by atoms with Gasteiger partial charge in [-0.2, -0.15) is 5.26 Å². The van der Waals surface area contributed by atoms with Crippen molar-refractivity contribution in [3.8, 4) is 6.07 Å². The van der Waals surface area contributed by atoms with Gasteiger partial charge in [0.05, 0.1) is 6.07 Å². The molecular formula is C19H31N. The topological polar surface area (TPSA) is 23.8 Å². The summed E-state index contributed by atoms with van der Waals surface area (Å²) in [5.74, 6) is 0. The molecule has 0 aliphatic heterocycles. The lowest BCUT2D eigenvalue weighted by Crippen LogP contribution is -1.74. The SMILES string of the molecule is CCCCC/C=C\C/C=C\C/C=C\CCCCCC#N. The number of nitriles is 1. The Morgan fingerprint density at radius 1 is 0.700 bits per heavy atom. The van der Waals surface area contributed by atoms with E-state index in [4.69, 9.17) is 5.26 Å². The Kier molecular flexibility index (Phi) is 16.6. The van der Waals surface area contributed by atoms with Crippen LogP contribution in [0.15, 0.2) is 36.5 Å². The average molecular weight is 273 g/mol. The highest BCUT2D eigenvalue weighted by Crippen LogP contribution is 2.04. The minimum Gasteiger partial charge on any atom is -0.198 e. The Morgan fingerprint density at radius 2 is 1.25 bits per heavy atom. The maximum absolute atomic E-state index is 8.41.